The lowest BCUT2D eigenvalue weighted by molar-refractivity contribution is -0.115. The zero-order valence-electron chi connectivity index (χ0n) is 18.8. The third-order valence-corrected chi connectivity index (χ3v) is 6.49. The van der Waals surface area contributed by atoms with Crippen molar-refractivity contribution in [1.29, 1.82) is 0 Å². The number of amides is 1. The van der Waals surface area contributed by atoms with Gasteiger partial charge >= 0.3 is 5.69 Å². The molecular formula is C24H26N6O2. The van der Waals surface area contributed by atoms with Gasteiger partial charge in [0.1, 0.15) is 11.4 Å². The molecule has 0 spiro atoms. The fourth-order valence-electron chi connectivity index (χ4n) is 4.16. The van der Waals surface area contributed by atoms with Gasteiger partial charge in [-0.1, -0.05) is 26.8 Å². The quantitative estimate of drug-likeness (QED) is 0.521. The summed E-state index contributed by atoms with van der Waals surface area (Å²) >= 11 is 0. The maximum atomic E-state index is 13.0. The van der Waals surface area contributed by atoms with Crippen molar-refractivity contribution in [2.24, 2.45) is 10.4 Å². The molecule has 1 aliphatic rings. The highest BCUT2D eigenvalue weighted by atomic mass is 16.2. The van der Waals surface area contributed by atoms with Crippen LogP contribution in [0.5, 0.6) is 0 Å². The number of imidazole rings is 2. The van der Waals surface area contributed by atoms with Gasteiger partial charge in [-0.15, -0.1) is 0 Å². The molecule has 1 aliphatic heterocycles. The van der Waals surface area contributed by atoms with Crippen LogP contribution in [0.15, 0.2) is 58.7 Å². The van der Waals surface area contributed by atoms with Gasteiger partial charge in [-0.2, -0.15) is 0 Å². The number of carbonyl (C=O) groups excluding carboxylic acids is 1. The first-order chi connectivity index (χ1) is 15.1. The molecule has 8 heteroatoms. The van der Waals surface area contributed by atoms with Gasteiger partial charge in [0.05, 0.1) is 11.0 Å². The summed E-state index contributed by atoms with van der Waals surface area (Å²) in [6, 6.07) is 9.32. The molecule has 164 valence electrons. The van der Waals surface area contributed by atoms with Crippen molar-refractivity contribution in [1.82, 2.24) is 24.3 Å². The standard InChI is InChI=1S/C24H26N6O2/c1-14(23(2,3)4)30-18-12-15(6-8-17(18)26-22(30)32)20-21(31)28-24(5,27-20)16-7-9-19-25-10-11-29(19)13-16/h6-14H,1-5H3,(H,26,32)(H,28,31)/t14-,24-/m1/s1. The molecule has 1 amide bonds. The van der Waals surface area contributed by atoms with Crippen molar-refractivity contribution in [3.63, 3.8) is 0 Å². The molecule has 0 bridgehead atoms. The summed E-state index contributed by atoms with van der Waals surface area (Å²) in [5.41, 5.74) is 3.05. The Morgan fingerprint density at radius 2 is 1.91 bits per heavy atom. The number of hydrogen-bond donors (Lipinski definition) is 2. The van der Waals surface area contributed by atoms with Crippen LogP contribution in [0, 0.1) is 5.41 Å². The predicted molar refractivity (Wildman–Crippen MR) is 124 cm³/mol. The lowest BCUT2D eigenvalue weighted by Crippen LogP contribution is -2.37. The van der Waals surface area contributed by atoms with E-state index in [0.717, 1.165) is 22.2 Å². The van der Waals surface area contributed by atoms with Gasteiger partial charge in [-0.3, -0.25) is 9.36 Å². The molecule has 0 fully saturated rings. The molecule has 0 unspecified atom stereocenters. The Morgan fingerprint density at radius 1 is 1.12 bits per heavy atom. The number of hydrogen-bond acceptors (Lipinski definition) is 4. The summed E-state index contributed by atoms with van der Waals surface area (Å²) in [6.07, 6.45) is 5.51. The minimum absolute atomic E-state index is 0.0366. The van der Waals surface area contributed by atoms with Gasteiger partial charge in [0.15, 0.2) is 5.66 Å². The van der Waals surface area contributed by atoms with Crippen LogP contribution in [0.2, 0.25) is 0 Å². The number of fused-ring (bicyclic) bond motifs is 2. The third-order valence-electron chi connectivity index (χ3n) is 6.49. The molecule has 32 heavy (non-hydrogen) atoms. The minimum Gasteiger partial charge on any atom is -0.323 e. The van der Waals surface area contributed by atoms with Crippen LogP contribution in [0.25, 0.3) is 16.7 Å². The lowest BCUT2D eigenvalue weighted by atomic mass is 9.88. The molecule has 4 heterocycles. The van der Waals surface area contributed by atoms with Gasteiger partial charge in [0.2, 0.25) is 0 Å². The van der Waals surface area contributed by atoms with Gasteiger partial charge in [0.25, 0.3) is 5.91 Å². The normalized spacial score (nSPS) is 20.0. The predicted octanol–water partition coefficient (Wildman–Crippen LogP) is 3.38. The number of aliphatic imine (C=N–C) groups is 1. The summed E-state index contributed by atoms with van der Waals surface area (Å²) in [5.74, 6) is -0.245. The molecule has 3 aromatic heterocycles. The molecule has 0 aliphatic carbocycles. The Morgan fingerprint density at radius 3 is 2.66 bits per heavy atom. The van der Waals surface area contributed by atoms with Crippen LogP contribution in [0.1, 0.15) is 51.8 Å². The molecule has 0 saturated carbocycles. The smallest absolute Gasteiger partial charge is 0.323 e. The van der Waals surface area contributed by atoms with E-state index in [1.165, 1.54) is 0 Å². The molecule has 0 radical (unpaired) electrons. The highest BCUT2D eigenvalue weighted by Crippen LogP contribution is 2.32. The molecule has 2 atom stereocenters. The van der Waals surface area contributed by atoms with Crippen LogP contribution >= 0.6 is 0 Å². The second-order valence-electron chi connectivity index (χ2n) is 9.67. The molecular weight excluding hydrogens is 404 g/mol. The number of nitrogens with one attached hydrogen (secondary N) is 2. The number of carbonyl (C=O) groups is 1. The van der Waals surface area contributed by atoms with E-state index in [4.69, 9.17) is 4.99 Å². The first-order valence-corrected chi connectivity index (χ1v) is 10.7. The molecule has 8 nitrogen and oxygen atoms in total. The summed E-state index contributed by atoms with van der Waals surface area (Å²) in [7, 11) is 0. The molecule has 2 N–H and O–H groups in total. The second-order valence-corrected chi connectivity index (χ2v) is 9.67. The number of nitrogens with zero attached hydrogens (tertiary/aromatic N) is 4. The van der Waals surface area contributed by atoms with Crippen LogP contribution in [-0.2, 0) is 10.5 Å². The van der Waals surface area contributed by atoms with Gasteiger partial charge in [-0.25, -0.2) is 14.8 Å². The molecule has 5 rings (SSSR count). The number of benzene rings is 1. The van der Waals surface area contributed by atoms with Gasteiger partial charge < -0.3 is 14.7 Å². The summed E-state index contributed by atoms with van der Waals surface area (Å²) in [5, 5.41) is 3.01. The summed E-state index contributed by atoms with van der Waals surface area (Å²) in [6.45, 7) is 10.2. The first kappa shape index (κ1) is 20.2. The first-order valence-electron chi connectivity index (χ1n) is 10.7. The van der Waals surface area contributed by atoms with E-state index >= 15 is 0 Å². The zero-order chi connectivity index (χ0) is 22.8. The summed E-state index contributed by atoms with van der Waals surface area (Å²) in [4.78, 5) is 37.6. The van der Waals surface area contributed by atoms with Crippen molar-refractivity contribution < 1.29 is 4.79 Å². The Labute approximate surface area is 185 Å². The van der Waals surface area contributed by atoms with Crippen LogP contribution in [-0.4, -0.2) is 30.6 Å². The monoisotopic (exact) mass is 430 g/mol. The zero-order valence-corrected chi connectivity index (χ0v) is 18.8. The Bertz CT molecular complexity index is 1470. The highest BCUT2D eigenvalue weighted by Gasteiger charge is 2.38. The van der Waals surface area contributed by atoms with E-state index in [2.05, 4.69) is 36.1 Å². The van der Waals surface area contributed by atoms with Crippen molar-refractivity contribution in [3.8, 4) is 0 Å². The van der Waals surface area contributed by atoms with Crippen molar-refractivity contribution >= 4 is 28.3 Å². The molecule has 1 aromatic carbocycles. The van der Waals surface area contributed by atoms with Crippen LogP contribution in [0.3, 0.4) is 0 Å². The van der Waals surface area contributed by atoms with Crippen molar-refractivity contribution in [3.05, 3.63) is 70.5 Å². The van der Waals surface area contributed by atoms with E-state index in [-0.39, 0.29) is 23.1 Å². The number of H-pyrrole nitrogens is 1. The third kappa shape index (κ3) is 3.05. The SMILES string of the molecule is C[C@@H](n1c(=O)[nH]c2ccc(C3=N[C@@](C)(c4ccc5nccn5c4)NC3=O)cc21)C(C)(C)C. The average molecular weight is 431 g/mol. The van der Waals surface area contributed by atoms with E-state index < -0.39 is 5.66 Å². The maximum Gasteiger partial charge on any atom is 0.326 e. The van der Waals surface area contributed by atoms with Gasteiger partial charge in [0, 0.05) is 35.8 Å². The average Bonchev–Trinajstić information content (AvgIpc) is 3.40. The topological polar surface area (TPSA) is 96.6 Å². The number of rotatable bonds is 3. The number of aromatic amines is 1. The Hall–Kier alpha value is -3.68. The van der Waals surface area contributed by atoms with E-state index in [1.54, 1.807) is 10.8 Å². The van der Waals surface area contributed by atoms with Crippen molar-refractivity contribution in [2.75, 3.05) is 0 Å². The van der Waals surface area contributed by atoms with E-state index in [0.29, 0.717) is 11.3 Å². The Kier molecular flexibility index (Phi) is 4.21. The lowest BCUT2D eigenvalue weighted by Gasteiger charge is -2.28. The van der Waals surface area contributed by atoms with Crippen LogP contribution in [0.4, 0.5) is 0 Å². The molecule has 4 aromatic rings. The van der Waals surface area contributed by atoms with Crippen molar-refractivity contribution in [2.45, 2.75) is 46.3 Å². The largest absolute Gasteiger partial charge is 0.326 e. The summed E-state index contributed by atoms with van der Waals surface area (Å²) < 4.78 is 3.66. The van der Waals surface area contributed by atoms with Crippen LogP contribution < -0.4 is 11.0 Å². The van der Waals surface area contributed by atoms with E-state index in [1.807, 2.05) is 61.0 Å². The van der Waals surface area contributed by atoms with Gasteiger partial charge in [-0.05, 0) is 43.5 Å². The van der Waals surface area contributed by atoms with E-state index in [9.17, 15) is 9.59 Å². The minimum atomic E-state index is -0.893. The number of pyridine rings is 1. The highest BCUT2D eigenvalue weighted by molar-refractivity contribution is 6.47. The fraction of sp³-hybridized carbons (Fsp3) is 0.333. The maximum absolute atomic E-state index is 13.0. The fourth-order valence-corrected chi connectivity index (χ4v) is 4.16. The Balaban J connectivity index is 1.61. The second kappa shape index (κ2) is 6.66. The number of aromatic nitrogens is 4. The molecule has 0 saturated heterocycles.